The fraction of sp³-hybridized carbons (Fsp3) is 0.300. The Labute approximate surface area is 148 Å². The summed E-state index contributed by atoms with van der Waals surface area (Å²) < 4.78 is 0. The maximum Gasteiger partial charge on any atom is 0.136 e. The molecule has 2 aromatic heterocycles. The predicted octanol–water partition coefficient (Wildman–Crippen LogP) is 3.02. The van der Waals surface area contributed by atoms with Crippen molar-refractivity contribution < 1.29 is 0 Å². The Morgan fingerprint density at radius 3 is 2.16 bits per heavy atom. The number of piperazine rings is 1. The molecule has 0 aliphatic carbocycles. The summed E-state index contributed by atoms with van der Waals surface area (Å²) in [4.78, 5) is 16.1. The summed E-state index contributed by atoms with van der Waals surface area (Å²) in [6.07, 6.45) is 3.85. The highest BCUT2D eigenvalue weighted by Gasteiger charge is 2.21. The van der Waals surface area contributed by atoms with E-state index in [0.717, 1.165) is 43.5 Å². The van der Waals surface area contributed by atoms with E-state index in [9.17, 15) is 0 Å². The Morgan fingerprint density at radius 2 is 1.48 bits per heavy atom. The van der Waals surface area contributed by atoms with Crippen LogP contribution in [0.15, 0.2) is 54.9 Å². The molecule has 5 nitrogen and oxygen atoms in total. The van der Waals surface area contributed by atoms with Gasteiger partial charge in [0.1, 0.15) is 11.6 Å². The average Bonchev–Trinajstić information content (AvgIpc) is 2.68. The number of nitrogens with zero attached hydrogens (tertiary/aromatic N) is 5. The van der Waals surface area contributed by atoms with E-state index >= 15 is 0 Å². The van der Waals surface area contributed by atoms with E-state index in [1.165, 1.54) is 10.8 Å². The number of pyridine rings is 2. The summed E-state index contributed by atoms with van der Waals surface area (Å²) >= 11 is 0. The van der Waals surface area contributed by atoms with E-state index in [-0.39, 0.29) is 0 Å². The molecule has 1 fully saturated rings. The lowest BCUT2D eigenvalue weighted by molar-refractivity contribution is 0.643. The summed E-state index contributed by atoms with van der Waals surface area (Å²) in [5.74, 6) is 2.14. The van der Waals surface area contributed by atoms with Crippen LogP contribution < -0.4 is 14.7 Å². The Morgan fingerprint density at radius 1 is 0.800 bits per heavy atom. The standard InChI is InChI=1S/C20H23N5/c1-23(2)18-15-22-20(17-8-4-3-7-16(17)18)25-13-11-24(12-14-25)19-9-5-6-10-21-19/h3-10,15H,11-14H2,1-2H3. The van der Waals surface area contributed by atoms with Crippen LogP contribution in [0.5, 0.6) is 0 Å². The zero-order chi connectivity index (χ0) is 17.2. The van der Waals surface area contributed by atoms with Gasteiger partial charge in [-0.3, -0.25) is 0 Å². The Bertz CT molecular complexity index is 854. The number of hydrogen-bond donors (Lipinski definition) is 0. The van der Waals surface area contributed by atoms with Gasteiger partial charge in [-0.15, -0.1) is 0 Å². The Kier molecular flexibility index (Phi) is 4.14. The zero-order valence-corrected chi connectivity index (χ0v) is 14.8. The minimum atomic E-state index is 0.953. The van der Waals surface area contributed by atoms with Gasteiger partial charge >= 0.3 is 0 Å². The Balaban J connectivity index is 1.60. The lowest BCUT2D eigenvalue weighted by Crippen LogP contribution is -2.47. The molecule has 25 heavy (non-hydrogen) atoms. The van der Waals surface area contributed by atoms with Crippen molar-refractivity contribution in [3.63, 3.8) is 0 Å². The lowest BCUT2D eigenvalue weighted by atomic mass is 10.1. The minimum absolute atomic E-state index is 0.953. The molecule has 0 atom stereocenters. The third-order valence-electron chi connectivity index (χ3n) is 4.79. The molecule has 3 heterocycles. The number of rotatable bonds is 3. The van der Waals surface area contributed by atoms with E-state index in [0.29, 0.717) is 0 Å². The SMILES string of the molecule is CN(C)c1cnc(N2CCN(c3ccccn3)CC2)c2ccccc12. The average molecular weight is 333 g/mol. The van der Waals surface area contributed by atoms with Crippen LogP contribution in [0, 0.1) is 0 Å². The molecular formula is C20H23N5. The van der Waals surface area contributed by atoms with E-state index in [1.54, 1.807) is 0 Å². The van der Waals surface area contributed by atoms with Crippen LogP contribution in [0.2, 0.25) is 0 Å². The van der Waals surface area contributed by atoms with Crippen molar-refractivity contribution in [1.82, 2.24) is 9.97 Å². The maximum absolute atomic E-state index is 4.80. The number of fused-ring (bicyclic) bond motifs is 1. The van der Waals surface area contributed by atoms with Gasteiger partial charge in [0.25, 0.3) is 0 Å². The van der Waals surface area contributed by atoms with Crippen LogP contribution in [0.25, 0.3) is 10.8 Å². The van der Waals surface area contributed by atoms with Crippen molar-refractivity contribution in [2.24, 2.45) is 0 Å². The number of benzene rings is 1. The molecule has 1 aliphatic rings. The van der Waals surface area contributed by atoms with Crippen molar-refractivity contribution >= 4 is 28.1 Å². The summed E-state index contributed by atoms with van der Waals surface area (Å²) in [5.41, 5.74) is 1.16. The van der Waals surface area contributed by atoms with Gasteiger partial charge in [0.15, 0.2) is 0 Å². The third kappa shape index (κ3) is 2.97. The first-order chi connectivity index (χ1) is 12.2. The van der Waals surface area contributed by atoms with E-state index in [4.69, 9.17) is 4.98 Å². The van der Waals surface area contributed by atoms with Crippen molar-refractivity contribution in [2.75, 3.05) is 55.0 Å². The van der Waals surface area contributed by atoms with Crippen LogP contribution in [0.4, 0.5) is 17.3 Å². The first kappa shape index (κ1) is 15.7. The molecule has 0 unspecified atom stereocenters. The van der Waals surface area contributed by atoms with Crippen molar-refractivity contribution in [3.8, 4) is 0 Å². The molecule has 0 saturated carbocycles. The van der Waals surface area contributed by atoms with Crippen molar-refractivity contribution in [2.45, 2.75) is 0 Å². The van der Waals surface area contributed by atoms with Gasteiger partial charge in [0.05, 0.1) is 11.9 Å². The van der Waals surface area contributed by atoms with Crippen LogP contribution in [-0.2, 0) is 0 Å². The zero-order valence-electron chi connectivity index (χ0n) is 14.8. The van der Waals surface area contributed by atoms with Gasteiger partial charge in [-0.25, -0.2) is 9.97 Å². The maximum atomic E-state index is 4.80. The highest BCUT2D eigenvalue weighted by molar-refractivity contribution is 6.00. The first-order valence-electron chi connectivity index (χ1n) is 8.70. The quantitative estimate of drug-likeness (QED) is 0.736. The van der Waals surface area contributed by atoms with Gasteiger partial charge in [-0.05, 0) is 12.1 Å². The summed E-state index contributed by atoms with van der Waals surface area (Å²) in [7, 11) is 4.13. The number of hydrogen-bond acceptors (Lipinski definition) is 5. The van der Waals surface area contributed by atoms with Crippen molar-refractivity contribution in [3.05, 3.63) is 54.9 Å². The van der Waals surface area contributed by atoms with Crippen LogP contribution >= 0.6 is 0 Å². The highest BCUT2D eigenvalue weighted by Crippen LogP contribution is 2.32. The molecule has 0 N–H and O–H groups in total. The largest absolute Gasteiger partial charge is 0.376 e. The summed E-state index contributed by atoms with van der Waals surface area (Å²) in [6.45, 7) is 3.83. The van der Waals surface area contributed by atoms with E-state index < -0.39 is 0 Å². The molecule has 5 heteroatoms. The van der Waals surface area contributed by atoms with Gasteiger partial charge in [0, 0.05) is 57.2 Å². The van der Waals surface area contributed by atoms with Gasteiger partial charge in [-0.1, -0.05) is 30.3 Å². The fourth-order valence-electron chi connectivity index (χ4n) is 3.46. The van der Waals surface area contributed by atoms with Crippen LogP contribution in [-0.4, -0.2) is 50.2 Å². The molecule has 0 spiro atoms. The van der Waals surface area contributed by atoms with Gasteiger partial charge < -0.3 is 14.7 Å². The van der Waals surface area contributed by atoms with E-state index in [1.807, 2.05) is 24.5 Å². The fourth-order valence-corrected chi connectivity index (χ4v) is 3.46. The molecule has 0 amide bonds. The minimum Gasteiger partial charge on any atom is -0.376 e. The normalized spacial score (nSPS) is 14.8. The van der Waals surface area contributed by atoms with E-state index in [2.05, 4.69) is 64.1 Å². The molecule has 1 aromatic carbocycles. The molecule has 3 aromatic rings. The smallest absolute Gasteiger partial charge is 0.136 e. The molecule has 1 saturated heterocycles. The molecule has 128 valence electrons. The predicted molar refractivity (Wildman–Crippen MR) is 105 cm³/mol. The number of aromatic nitrogens is 2. The molecule has 1 aliphatic heterocycles. The second-order valence-corrected chi connectivity index (χ2v) is 6.57. The second-order valence-electron chi connectivity index (χ2n) is 6.57. The monoisotopic (exact) mass is 333 g/mol. The highest BCUT2D eigenvalue weighted by atomic mass is 15.3. The third-order valence-corrected chi connectivity index (χ3v) is 4.79. The Hall–Kier alpha value is -2.82. The van der Waals surface area contributed by atoms with Gasteiger partial charge in [0.2, 0.25) is 0 Å². The summed E-state index contributed by atoms with van der Waals surface area (Å²) in [5, 5.41) is 2.48. The molecule has 0 radical (unpaired) electrons. The van der Waals surface area contributed by atoms with Gasteiger partial charge in [-0.2, -0.15) is 0 Å². The second kappa shape index (κ2) is 6.59. The molecule has 0 bridgehead atoms. The molecule has 4 rings (SSSR count). The molecular weight excluding hydrogens is 310 g/mol. The lowest BCUT2D eigenvalue weighted by Gasteiger charge is -2.36. The van der Waals surface area contributed by atoms with Crippen LogP contribution in [0.3, 0.4) is 0 Å². The topological polar surface area (TPSA) is 35.5 Å². The first-order valence-corrected chi connectivity index (χ1v) is 8.70. The summed E-state index contributed by atoms with van der Waals surface area (Å²) in [6, 6.07) is 14.6. The van der Waals surface area contributed by atoms with Crippen molar-refractivity contribution in [1.29, 1.82) is 0 Å². The number of anilines is 3. The van der Waals surface area contributed by atoms with Crippen LogP contribution in [0.1, 0.15) is 0 Å².